The summed E-state index contributed by atoms with van der Waals surface area (Å²) in [7, 11) is 0. The van der Waals surface area contributed by atoms with Gasteiger partial charge >= 0.3 is 39.0 Å². The van der Waals surface area contributed by atoms with E-state index < -0.39 is 95.3 Å². The van der Waals surface area contributed by atoms with Crippen molar-refractivity contribution in [2.24, 2.45) is 0 Å². The maximum absolute atomic E-state index is 11.8. The van der Waals surface area contributed by atoms with Gasteiger partial charge in [-0.1, -0.05) is 48.5 Å². The molecule has 0 fully saturated rings. The third-order valence-corrected chi connectivity index (χ3v) is 10.2. The van der Waals surface area contributed by atoms with Crippen LogP contribution in [0.4, 0.5) is 0 Å². The van der Waals surface area contributed by atoms with Crippen LogP contribution in [0.3, 0.4) is 0 Å². The fourth-order valence-electron chi connectivity index (χ4n) is 6.66. The number of imide groups is 4. The second-order valence-electron chi connectivity index (χ2n) is 14.1. The van der Waals surface area contributed by atoms with Crippen molar-refractivity contribution in [2.75, 3.05) is 0 Å². The molecular weight excluding hydrogens is 1050 g/mol. The number of benzene rings is 4. The Labute approximate surface area is 399 Å². The van der Waals surface area contributed by atoms with Crippen LogP contribution in [0.15, 0.2) is 97.1 Å². The maximum Gasteiger partial charge on any atom is 2.00 e. The largest absolute Gasteiger partial charge is 2.00 e. The minimum absolute atomic E-state index is 0. The van der Waals surface area contributed by atoms with Crippen molar-refractivity contribution in [2.45, 2.75) is 51.9 Å². The van der Waals surface area contributed by atoms with Crippen LogP contribution in [0.5, 0.6) is 0 Å². The molecule has 0 bridgehead atoms. The Morgan fingerprint density at radius 1 is 0.303 bits per heavy atom. The Morgan fingerprint density at radius 2 is 0.409 bits per heavy atom. The number of carbonyl (C=O) groups is 12. The zero-order valence-electron chi connectivity index (χ0n) is 34.5. The fourth-order valence-corrected chi connectivity index (χ4v) is 6.66. The molecule has 0 saturated heterocycles. The molecule has 4 aromatic rings. The average Bonchev–Trinajstić information content (AvgIpc) is 3.89. The Hall–Kier alpha value is -7.43. The third kappa shape index (κ3) is 9.94. The molecule has 22 heteroatoms. The minimum atomic E-state index is -1.45. The summed E-state index contributed by atoms with van der Waals surface area (Å²) < 4.78 is 0. The molecule has 8 rings (SSSR count). The Morgan fingerprint density at radius 3 is 0.500 bits per heavy atom. The van der Waals surface area contributed by atoms with Crippen LogP contribution in [-0.4, -0.2) is 115 Å². The summed E-state index contributed by atoms with van der Waals surface area (Å²) in [6, 6.07) is 19.9. The van der Waals surface area contributed by atoms with Gasteiger partial charge in [-0.25, -0.2) is 0 Å². The monoisotopic (exact) mass is 1080 g/mol. The van der Waals surface area contributed by atoms with E-state index >= 15 is 0 Å². The van der Waals surface area contributed by atoms with Gasteiger partial charge in [0.25, 0.3) is 47.3 Å². The molecule has 0 aliphatic carbocycles. The van der Waals surface area contributed by atoms with Gasteiger partial charge in [-0.05, 0) is 76.2 Å². The van der Waals surface area contributed by atoms with Crippen molar-refractivity contribution in [3.63, 3.8) is 0 Å². The number of hydrogen-bond acceptors (Lipinski definition) is 16. The first-order valence-corrected chi connectivity index (χ1v) is 18.9. The smallest absolute Gasteiger partial charge is 0.548 e. The molecule has 0 aromatic heterocycles. The van der Waals surface area contributed by atoms with E-state index in [2.05, 4.69) is 0 Å². The topological polar surface area (TPSA) is 310 Å². The third-order valence-electron chi connectivity index (χ3n) is 10.2. The zero-order valence-corrected chi connectivity index (χ0v) is 37.8. The molecule has 342 valence electrons. The summed E-state index contributed by atoms with van der Waals surface area (Å²) in [6.45, 7) is 4.99. The van der Waals surface area contributed by atoms with Crippen molar-refractivity contribution in [1.29, 1.82) is 0 Å². The summed E-state index contributed by atoms with van der Waals surface area (Å²) in [6.07, 6.45) is 0. The van der Waals surface area contributed by atoms with E-state index in [0.717, 1.165) is 0 Å². The van der Waals surface area contributed by atoms with E-state index in [4.69, 9.17) is 0 Å². The summed E-state index contributed by atoms with van der Waals surface area (Å²) in [5.41, 5.74) is 1.89. The number of aliphatic carboxylic acids is 4. The molecule has 4 aliphatic rings. The number of hydrogen-bond donors (Lipinski definition) is 0. The molecule has 4 atom stereocenters. The van der Waals surface area contributed by atoms with Crippen molar-refractivity contribution in [1.82, 2.24) is 19.6 Å². The van der Waals surface area contributed by atoms with Gasteiger partial charge in [-0.2, -0.15) is 0 Å². The number of amides is 8. The van der Waals surface area contributed by atoms with Gasteiger partial charge in [-0.3, -0.25) is 58.0 Å². The Kier molecular flexibility index (Phi) is 17.2. The summed E-state index contributed by atoms with van der Waals surface area (Å²) in [4.78, 5) is 140. The molecule has 4 aromatic carbocycles. The van der Waals surface area contributed by atoms with Crippen molar-refractivity contribution >= 4 is 71.1 Å². The number of carboxylic acids is 4. The van der Waals surface area contributed by atoms with E-state index in [-0.39, 0.29) is 83.5 Å². The van der Waals surface area contributed by atoms with Crippen LogP contribution < -0.4 is 20.4 Å². The molecule has 0 spiro atoms. The number of fused-ring (bicyclic) bond motifs is 4. The predicted molar refractivity (Wildman–Crippen MR) is 206 cm³/mol. The van der Waals surface area contributed by atoms with Crippen LogP contribution in [0.1, 0.15) is 111 Å². The first-order chi connectivity index (χ1) is 30.1. The van der Waals surface area contributed by atoms with Crippen LogP contribution >= 0.6 is 0 Å². The SMILES string of the molecule is C[C@@H](C(=O)[O-])N1C(=O)c2ccccc2C1=O.C[C@@H](C(=O)[O-])N1C(=O)c2ccccc2C1=O.C[C@@H](C(=O)[O-])N1C(=O)c2ccccc2C1=O.C[C@@H](C(=O)[O-])N1C(=O)c2ccccc2C1=O.[Rh+2].[Rh+2]. The van der Waals surface area contributed by atoms with Crippen LogP contribution in [0, 0.1) is 0 Å². The number of nitrogens with zero attached hydrogens (tertiary/aromatic N) is 4. The number of rotatable bonds is 8. The van der Waals surface area contributed by atoms with E-state index in [0.29, 0.717) is 19.6 Å². The van der Waals surface area contributed by atoms with Crippen molar-refractivity contribution < 1.29 is 117 Å². The second kappa shape index (κ2) is 21.5. The van der Waals surface area contributed by atoms with Gasteiger partial charge in [0, 0.05) is 0 Å². The molecule has 4 aliphatic heterocycles. The Balaban J connectivity index is 0.000000231. The van der Waals surface area contributed by atoms with E-state index in [1.165, 1.54) is 76.2 Å². The van der Waals surface area contributed by atoms with Crippen LogP contribution in [0.2, 0.25) is 0 Å². The van der Waals surface area contributed by atoms with Crippen molar-refractivity contribution in [3.8, 4) is 0 Å². The standard InChI is InChI=1S/4C11H9NO4.2Rh/c4*1-6(11(15)16)12-9(13)7-4-2-3-5-8(7)10(12)14;;/h4*2-6H,1H3,(H,15,16);;/q;;;;2*+2/p-4/t4*6-;;/m0000../s1. The van der Waals surface area contributed by atoms with Gasteiger partial charge < -0.3 is 39.6 Å². The van der Waals surface area contributed by atoms with Crippen LogP contribution in [0.25, 0.3) is 0 Å². The van der Waals surface area contributed by atoms with Gasteiger partial charge in [-0.15, -0.1) is 0 Å². The summed E-state index contributed by atoms with van der Waals surface area (Å²) in [5.74, 6) is -10.5. The van der Waals surface area contributed by atoms with Crippen molar-refractivity contribution in [3.05, 3.63) is 142 Å². The van der Waals surface area contributed by atoms with Gasteiger partial charge in [0.2, 0.25) is 0 Å². The zero-order chi connectivity index (χ0) is 47.5. The quantitative estimate of drug-likeness (QED) is 0.132. The van der Waals surface area contributed by atoms with E-state index in [1.807, 2.05) is 0 Å². The Bertz CT molecular complexity index is 2220. The second-order valence-corrected chi connectivity index (χ2v) is 14.1. The number of carbonyl (C=O) groups excluding carboxylic acids is 12. The molecule has 4 heterocycles. The van der Waals surface area contributed by atoms with E-state index in [1.54, 1.807) is 48.5 Å². The van der Waals surface area contributed by atoms with E-state index in [9.17, 15) is 78.0 Å². The summed E-state index contributed by atoms with van der Waals surface area (Å²) in [5, 5.41) is 42.7. The molecule has 0 saturated carbocycles. The molecule has 20 nitrogen and oxygen atoms in total. The van der Waals surface area contributed by atoms with Crippen LogP contribution in [-0.2, 0) is 58.1 Å². The van der Waals surface area contributed by atoms with Gasteiger partial charge in [0.05, 0.1) is 92.6 Å². The van der Waals surface area contributed by atoms with Gasteiger partial charge in [0.15, 0.2) is 0 Å². The first-order valence-electron chi connectivity index (χ1n) is 18.9. The molecular formula is C44H32N4O16Rh2. The fraction of sp³-hybridized carbons (Fsp3) is 0.182. The molecule has 66 heavy (non-hydrogen) atoms. The predicted octanol–water partition coefficient (Wildman–Crippen LogP) is -2.32. The normalized spacial score (nSPS) is 15.7. The molecule has 0 unspecified atom stereocenters. The molecule has 0 N–H and O–H groups in total. The number of carboxylic acid groups (broad SMARTS) is 4. The molecule has 2 radical (unpaired) electrons. The first kappa shape index (κ1) is 52.9. The molecule has 8 amide bonds. The minimum Gasteiger partial charge on any atom is -0.548 e. The summed E-state index contributed by atoms with van der Waals surface area (Å²) >= 11 is 0. The van der Waals surface area contributed by atoms with Gasteiger partial charge in [0.1, 0.15) is 0 Å². The average molecular weight is 1080 g/mol. The maximum atomic E-state index is 11.8.